The molecule has 0 aromatic heterocycles. The van der Waals surface area contributed by atoms with Gasteiger partial charge in [-0.3, -0.25) is 4.79 Å². The Hall–Kier alpha value is -1.39. The van der Waals surface area contributed by atoms with Gasteiger partial charge in [-0.2, -0.15) is 0 Å². The molecule has 22 heavy (non-hydrogen) atoms. The minimum atomic E-state index is -0.0802. The summed E-state index contributed by atoms with van der Waals surface area (Å²) in [5.74, 6) is 0.132. The van der Waals surface area contributed by atoms with Gasteiger partial charge in [-0.15, -0.1) is 0 Å². The van der Waals surface area contributed by atoms with Crippen LogP contribution in [-0.2, 0) is 16.0 Å². The van der Waals surface area contributed by atoms with Crippen LogP contribution >= 0.6 is 0 Å². The molecule has 3 atom stereocenters. The monoisotopic (exact) mass is 300 g/mol. The fourth-order valence-corrected chi connectivity index (χ4v) is 4.28. The van der Waals surface area contributed by atoms with Crippen molar-refractivity contribution in [1.29, 1.82) is 0 Å². The summed E-state index contributed by atoms with van der Waals surface area (Å²) in [6.07, 6.45) is 5.98. The van der Waals surface area contributed by atoms with E-state index in [2.05, 4.69) is 28.8 Å². The molecule has 1 amide bonds. The Bertz CT molecular complexity index is 548. The van der Waals surface area contributed by atoms with Crippen molar-refractivity contribution in [3.8, 4) is 0 Å². The van der Waals surface area contributed by atoms with Gasteiger partial charge in [-0.1, -0.05) is 24.3 Å². The fraction of sp³-hybridized carbons (Fsp3) is 0.611. The number of benzene rings is 1. The molecule has 118 valence electrons. The lowest BCUT2D eigenvalue weighted by Gasteiger charge is -2.31. The molecule has 0 aliphatic carbocycles. The molecule has 0 spiro atoms. The first-order valence-electron chi connectivity index (χ1n) is 8.53. The Morgan fingerprint density at radius 2 is 2.00 bits per heavy atom. The number of hydrogen-bond acceptors (Lipinski definition) is 3. The lowest BCUT2D eigenvalue weighted by molar-refractivity contribution is -0.125. The van der Waals surface area contributed by atoms with Gasteiger partial charge >= 0.3 is 0 Å². The van der Waals surface area contributed by atoms with E-state index >= 15 is 0 Å². The third-order valence-corrected chi connectivity index (χ3v) is 5.30. The van der Waals surface area contributed by atoms with E-state index in [0.717, 1.165) is 19.3 Å². The van der Waals surface area contributed by atoms with Gasteiger partial charge in [0.15, 0.2) is 0 Å². The van der Waals surface area contributed by atoms with Crippen LogP contribution in [0.1, 0.15) is 49.3 Å². The summed E-state index contributed by atoms with van der Waals surface area (Å²) < 4.78 is 5.85. The highest BCUT2D eigenvalue weighted by Gasteiger charge is 2.34. The van der Waals surface area contributed by atoms with Crippen LogP contribution in [0.3, 0.4) is 0 Å². The molecular formula is C18H24N2O2. The summed E-state index contributed by atoms with van der Waals surface area (Å²) in [5, 5.41) is 6.85. The highest BCUT2D eigenvalue weighted by atomic mass is 16.5. The summed E-state index contributed by atoms with van der Waals surface area (Å²) in [4.78, 5) is 12.4. The Morgan fingerprint density at radius 1 is 1.23 bits per heavy atom. The number of rotatable bonds is 3. The van der Waals surface area contributed by atoms with Crippen molar-refractivity contribution in [2.45, 2.75) is 62.8 Å². The van der Waals surface area contributed by atoms with Crippen LogP contribution in [0.5, 0.6) is 0 Å². The molecule has 2 bridgehead atoms. The maximum atomic E-state index is 12.4. The molecule has 4 nitrogen and oxygen atoms in total. The van der Waals surface area contributed by atoms with E-state index in [1.54, 1.807) is 0 Å². The smallest absolute Gasteiger partial charge is 0.223 e. The Balaban J connectivity index is 1.37. The largest absolute Gasteiger partial charge is 0.373 e. The maximum Gasteiger partial charge on any atom is 0.223 e. The first-order chi connectivity index (χ1) is 10.8. The molecule has 3 heterocycles. The van der Waals surface area contributed by atoms with Crippen LogP contribution in [0, 0.1) is 0 Å². The third kappa shape index (κ3) is 2.90. The van der Waals surface area contributed by atoms with Crippen molar-refractivity contribution in [2.75, 3.05) is 6.61 Å². The first-order valence-corrected chi connectivity index (χ1v) is 8.53. The van der Waals surface area contributed by atoms with Gasteiger partial charge in [0.2, 0.25) is 5.91 Å². The van der Waals surface area contributed by atoms with E-state index in [-0.39, 0.29) is 12.0 Å². The number of piperidine rings is 1. The third-order valence-electron chi connectivity index (χ3n) is 5.30. The lowest BCUT2D eigenvalue weighted by atomic mass is 9.95. The van der Waals surface area contributed by atoms with Crippen LogP contribution in [0.4, 0.5) is 0 Å². The Morgan fingerprint density at radius 3 is 2.82 bits per heavy atom. The highest BCUT2D eigenvalue weighted by molar-refractivity contribution is 5.77. The van der Waals surface area contributed by atoms with Crippen molar-refractivity contribution >= 4 is 5.91 Å². The average Bonchev–Trinajstić information content (AvgIpc) is 2.86. The SMILES string of the molecule is O=C(CC1OCCc2ccccc21)NC1CC2CCC(C1)N2. The summed E-state index contributed by atoms with van der Waals surface area (Å²) >= 11 is 0. The normalized spacial score (nSPS) is 33.3. The van der Waals surface area contributed by atoms with Crippen molar-refractivity contribution in [1.82, 2.24) is 10.6 Å². The molecule has 1 aromatic rings. The van der Waals surface area contributed by atoms with Crippen LogP contribution in [0.15, 0.2) is 24.3 Å². The fourth-order valence-electron chi connectivity index (χ4n) is 4.28. The summed E-state index contributed by atoms with van der Waals surface area (Å²) in [7, 11) is 0. The maximum absolute atomic E-state index is 12.4. The van der Waals surface area contributed by atoms with E-state index < -0.39 is 0 Å². The number of amides is 1. The quantitative estimate of drug-likeness (QED) is 0.899. The van der Waals surface area contributed by atoms with Gasteiger partial charge in [-0.05, 0) is 43.2 Å². The van der Waals surface area contributed by atoms with Gasteiger partial charge < -0.3 is 15.4 Å². The lowest BCUT2D eigenvalue weighted by Crippen LogP contribution is -2.48. The molecular weight excluding hydrogens is 276 g/mol. The van der Waals surface area contributed by atoms with E-state index in [1.165, 1.54) is 24.0 Å². The molecule has 3 aliphatic heterocycles. The topological polar surface area (TPSA) is 50.4 Å². The number of carbonyl (C=O) groups is 1. The summed E-state index contributed by atoms with van der Waals surface area (Å²) in [5.41, 5.74) is 2.51. The Labute approximate surface area is 131 Å². The molecule has 4 heteroatoms. The zero-order chi connectivity index (χ0) is 14.9. The minimum absolute atomic E-state index is 0.0802. The number of fused-ring (bicyclic) bond motifs is 3. The number of nitrogens with one attached hydrogen (secondary N) is 2. The molecule has 2 N–H and O–H groups in total. The summed E-state index contributed by atoms with van der Waals surface area (Å²) in [6, 6.07) is 9.89. The predicted molar refractivity (Wildman–Crippen MR) is 84.6 cm³/mol. The predicted octanol–water partition coefficient (Wildman–Crippen LogP) is 2.09. The minimum Gasteiger partial charge on any atom is -0.373 e. The van der Waals surface area contributed by atoms with Crippen molar-refractivity contribution < 1.29 is 9.53 Å². The number of ether oxygens (including phenoxy) is 1. The van der Waals surface area contributed by atoms with Crippen LogP contribution in [-0.4, -0.2) is 30.6 Å². The Kier molecular flexibility index (Phi) is 3.89. The molecule has 3 aliphatic rings. The molecule has 4 rings (SSSR count). The van der Waals surface area contributed by atoms with Crippen molar-refractivity contribution in [3.05, 3.63) is 35.4 Å². The molecule has 1 aromatic carbocycles. The zero-order valence-electron chi connectivity index (χ0n) is 12.9. The average molecular weight is 300 g/mol. The summed E-state index contributed by atoms with van der Waals surface area (Å²) in [6.45, 7) is 0.715. The van der Waals surface area contributed by atoms with Crippen LogP contribution in [0.25, 0.3) is 0 Å². The second kappa shape index (κ2) is 6.01. The van der Waals surface area contributed by atoms with Crippen molar-refractivity contribution in [3.63, 3.8) is 0 Å². The first kappa shape index (κ1) is 14.2. The molecule has 0 radical (unpaired) electrons. The van der Waals surface area contributed by atoms with Crippen LogP contribution < -0.4 is 10.6 Å². The highest BCUT2D eigenvalue weighted by Crippen LogP contribution is 2.30. The number of hydrogen-bond donors (Lipinski definition) is 2. The van der Waals surface area contributed by atoms with Gasteiger partial charge in [0.25, 0.3) is 0 Å². The van der Waals surface area contributed by atoms with E-state index in [0.29, 0.717) is 31.2 Å². The van der Waals surface area contributed by atoms with E-state index in [1.807, 2.05) is 6.07 Å². The van der Waals surface area contributed by atoms with Gasteiger partial charge in [0.05, 0.1) is 19.1 Å². The van der Waals surface area contributed by atoms with Crippen molar-refractivity contribution in [2.24, 2.45) is 0 Å². The molecule has 2 saturated heterocycles. The molecule has 3 unspecified atom stereocenters. The molecule has 2 fully saturated rings. The second-order valence-electron chi connectivity index (χ2n) is 6.89. The zero-order valence-corrected chi connectivity index (χ0v) is 12.9. The van der Waals surface area contributed by atoms with Gasteiger partial charge in [-0.25, -0.2) is 0 Å². The second-order valence-corrected chi connectivity index (χ2v) is 6.89. The van der Waals surface area contributed by atoms with E-state index in [4.69, 9.17) is 4.74 Å². The molecule has 0 saturated carbocycles. The van der Waals surface area contributed by atoms with Gasteiger partial charge in [0, 0.05) is 18.1 Å². The van der Waals surface area contributed by atoms with Gasteiger partial charge in [0.1, 0.15) is 0 Å². The van der Waals surface area contributed by atoms with E-state index in [9.17, 15) is 4.79 Å². The van der Waals surface area contributed by atoms with Crippen LogP contribution in [0.2, 0.25) is 0 Å². The standard InChI is InChI=1S/C18H24N2O2/c21-18(20-15-9-13-5-6-14(10-15)19-13)11-17-16-4-2-1-3-12(16)7-8-22-17/h1-4,13-15,17,19H,5-11H2,(H,20,21). The number of carbonyl (C=O) groups excluding carboxylic acids is 1.